The molecule has 0 unspecified atom stereocenters. The number of aromatic nitrogens is 4. The van der Waals surface area contributed by atoms with Crippen LogP contribution in [0.15, 0.2) is 59.5 Å². The normalized spacial score (nSPS) is 13.5. The molecule has 4 aromatic rings. The van der Waals surface area contributed by atoms with Crippen molar-refractivity contribution >= 4 is 23.2 Å². The van der Waals surface area contributed by atoms with E-state index in [0.29, 0.717) is 46.3 Å². The van der Waals surface area contributed by atoms with E-state index in [4.69, 9.17) is 11.6 Å². The lowest BCUT2D eigenvalue weighted by Crippen LogP contribution is -2.40. The number of carbonyl (C=O) groups is 1. The summed E-state index contributed by atoms with van der Waals surface area (Å²) in [5.74, 6) is -0.163. The Morgan fingerprint density at radius 2 is 1.97 bits per heavy atom. The molecule has 7 nitrogen and oxygen atoms in total. The summed E-state index contributed by atoms with van der Waals surface area (Å²) in [4.78, 5) is 36.2. The van der Waals surface area contributed by atoms with Gasteiger partial charge in [-0.25, -0.2) is 9.50 Å². The molecule has 0 radical (unpaired) electrons. The SMILES string of the molecule is O=C(c1ccccn1)N1CCc2c(nc3cc(-c4ccccc4Cl)[nH]n3c2=O)C1. The molecular formula is C21H16ClN5O2. The summed E-state index contributed by atoms with van der Waals surface area (Å²) >= 11 is 6.29. The van der Waals surface area contributed by atoms with Gasteiger partial charge in [-0.2, -0.15) is 0 Å². The van der Waals surface area contributed by atoms with E-state index in [-0.39, 0.29) is 18.0 Å². The van der Waals surface area contributed by atoms with Crippen LogP contribution in [0.1, 0.15) is 21.7 Å². The lowest BCUT2D eigenvalue weighted by Gasteiger charge is -2.27. The molecule has 29 heavy (non-hydrogen) atoms. The molecule has 0 spiro atoms. The van der Waals surface area contributed by atoms with Gasteiger partial charge in [0.1, 0.15) is 5.69 Å². The summed E-state index contributed by atoms with van der Waals surface area (Å²) in [5, 5.41) is 3.68. The number of amides is 1. The Morgan fingerprint density at radius 3 is 2.76 bits per heavy atom. The summed E-state index contributed by atoms with van der Waals surface area (Å²) in [5.41, 5.74) is 3.49. The number of nitrogens with zero attached hydrogens (tertiary/aromatic N) is 4. The van der Waals surface area contributed by atoms with Crippen LogP contribution in [0.25, 0.3) is 16.9 Å². The number of rotatable bonds is 2. The molecule has 0 fully saturated rings. The Balaban J connectivity index is 1.54. The van der Waals surface area contributed by atoms with Gasteiger partial charge in [0.15, 0.2) is 5.65 Å². The number of hydrogen-bond acceptors (Lipinski definition) is 4. The van der Waals surface area contributed by atoms with Crippen molar-refractivity contribution in [3.05, 3.63) is 87.1 Å². The van der Waals surface area contributed by atoms with Gasteiger partial charge in [-0.3, -0.25) is 19.7 Å². The molecule has 0 aliphatic carbocycles. The zero-order valence-electron chi connectivity index (χ0n) is 15.3. The Kier molecular flexibility index (Phi) is 4.17. The van der Waals surface area contributed by atoms with Gasteiger partial charge in [-0.15, -0.1) is 0 Å². The molecule has 0 atom stereocenters. The van der Waals surface area contributed by atoms with E-state index in [9.17, 15) is 9.59 Å². The molecule has 3 aromatic heterocycles. The van der Waals surface area contributed by atoms with Crippen LogP contribution in [0, 0.1) is 0 Å². The maximum atomic E-state index is 13.0. The highest BCUT2D eigenvalue weighted by atomic mass is 35.5. The first kappa shape index (κ1) is 17.6. The fourth-order valence-electron chi connectivity index (χ4n) is 3.64. The Labute approximate surface area is 170 Å². The van der Waals surface area contributed by atoms with Crippen molar-refractivity contribution in [2.75, 3.05) is 6.54 Å². The molecule has 5 rings (SSSR count). The maximum Gasteiger partial charge on any atom is 0.276 e. The number of benzene rings is 1. The monoisotopic (exact) mass is 405 g/mol. The molecule has 1 N–H and O–H groups in total. The number of pyridine rings is 1. The van der Waals surface area contributed by atoms with Gasteiger partial charge in [0, 0.05) is 35.0 Å². The van der Waals surface area contributed by atoms with Crippen molar-refractivity contribution in [3.63, 3.8) is 0 Å². The molecule has 4 heterocycles. The number of hydrogen-bond donors (Lipinski definition) is 1. The van der Waals surface area contributed by atoms with Crippen LogP contribution < -0.4 is 5.56 Å². The van der Waals surface area contributed by atoms with Gasteiger partial charge < -0.3 is 4.90 Å². The predicted octanol–water partition coefficient (Wildman–Crippen LogP) is 2.94. The third kappa shape index (κ3) is 3.00. The molecule has 0 saturated heterocycles. The number of nitrogens with one attached hydrogen (secondary N) is 1. The lowest BCUT2D eigenvalue weighted by atomic mass is 10.1. The van der Waals surface area contributed by atoms with Gasteiger partial charge in [0.25, 0.3) is 11.5 Å². The minimum absolute atomic E-state index is 0.145. The minimum atomic E-state index is -0.163. The van der Waals surface area contributed by atoms with Crippen LogP contribution in [-0.2, 0) is 13.0 Å². The van der Waals surface area contributed by atoms with E-state index in [1.54, 1.807) is 41.4 Å². The zero-order chi connectivity index (χ0) is 20.0. The van der Waals surface area contributed by atoms with Crippen molar-refractivity contribution in [1.29, 1.82) is 0 Å². The van der Waals surface area contributed by atoms with Gasteiger partial charge in [-0.1, -0.05) is 35.9 Å². The van der Waals surface area contributed by atoms with E-state index in [1.807, 2.05) is 18.2 Å². The van der Waals surface area contributed by atoms with Crippen molar-refractivity contribution in [2.45, 2.75) is 13.0 Å². The van der Waals surface area contributed by atoms with E-state index < -0.39 is 0 Å². The second-order valence-electron chi connectivity index (χ2n) is 6.88. The van der Waals surface area contributed by atoms with Crippen LogP contribution in [-0.4, -0.2) is 36.9 Å². The second kappa shape index (κ2) is 6.86. The summed E-state index contributed by atoms with van der Waals surface area (Å²) in [6, 6.07) is 14.4. The molecule has 0 saturated carbocycles. The standard InChI is InChI=1S/C21H16ClN5O2/c22-15-6-2-1-5-13(15)17-11-19-24-18-12-26(21(29)16-7-3-4-9-23-16)10-8-14(18)20(28)27(19)25-17/h1-7,9,11,25H,8,10,12H2. The molecule has 1 aromatic carbocycles. The number of aromatic amines is 1. The Morgan fingerprint density at radius 1 is 1.14 bits per heavy atom. The molecular weight excluding hydrogens is 390 g/mol. The average Bonchev–Trinajstić information content (AvgIpc) is 3.18. The Bertz CT molecular complexity index is 1300. The minimum Gasteiger partial charge on any atom is -0.331 e. The van der Waals surface area contributed by atoms with Crippen molar-refractivity contribution in [3.8, 4) is 11.3 Å². The smallest absolute Gasteiger partial charge is 0.276 e. The van der Waals surface area contributed by atoms with Crippen molar-refractivity contribution < 1.29 is 4.79 Å². The van der Waals surface area contributed by atoms with Gasteiger partial charge in [0.2, 0.25) is 0 Å². The molecule has 1 aliphatic rings. The van der Waals surface area contributed by atoms with Gasteiger partial charge in [-0.05, 0) is 24.6 Å². The highest BCUT2D eigenvalue weighted by Crippen LogP contribution is 2.27. The number of H-pyrrole nitrogens is 1. The van der Waals surface area contributed by atoms with Crippen LogP contribution >= 0.6 is 11.6 Å². The maximum absolute atomic E-state index is 13.0. The number of carbonyl (C=O) groups excluding carboxylic acids is 1. The first-order chi connectivity index (χ1) is 14.1. The topological polar surface area (TPSA) is 83.4 Å². The van der Waals surface area contributed by atoms with Crippen molar-refractivity contribution in [1.82, 2.24) is 24.5 Å². The van der Waals surface area contributed by atoms with Crippen LogP contribution in [0.5, 0.6) is 0 Å². The summed E-state index contributed by atoms with van der Waals surface area (Å²) in [6.45, 7) is 0.729. The average molecular weight is 406 g/mol. The zero-order valence-corrected chi connectivity index (χ0v) is 16.1. The second-order valence-corrected chi connectivity index (χ2v) is 7.28. The molecule has 144 valence electrons. The van der Waals surface area contributed by atoms with Gasteiger partial charge in [0.05, 0.1) is 17.9 Å². The molecule has 8 heteroatoms. The summed E-state index contributed by atoms with van der Waals surface area (Å²) < 4.78 is 1.44. The van der Waals surface area contributed by atoms with Gasteiger partial charge >= 0.3 is 0 Å². The summed E-state index contributed by atoms with van der Waals surface area (Å²) in [6.07, 6.45) is 2.04. The highest BCUT2D eigenvalue weighted by molar-refractivity contribution is 6.33. The fraction of sp³-hybridized carbons (Fsp3) is 0.143. The number of fused-ring (bicyclic) bond motifs is 2. The third-order valence-electron chi connectivity index (χ3n) is 5.10. The van der Waals surface area contributed by atoms with E-state index in [2.05, 4.69) is 15.1 Å². The number of halogens is 1. The third-order valence-corrected chi connectivity index (χ3v) is 5.43. The quantitative estimate of drug-likeness (QED) is 0.555. The first-order valence-corrected chi connectivity index (χ1v) is 9.58. The fourth-order valence-corrected chi connectivity index (χ4v) is 3.87. The van der Waals surface area contributed by atoms with E-state index in [0.717, 1.165) is 5.56 Å². The molecule has 1 amide bonds. The highest BCUT2D eigenvalue weighted by Gasteiger charge is 2.26. The largest absolute Gasteiger partial charge is 0.331 e. The van der Waals surface area contributed by atoms with E-state index in [1.165, 1.54) is 4.52 Å². The van der Waals surface area contributed by atoms with Crippen molar-refractivity contribution in [2.24, 2.45) is 0 Å². The molecule has 0 bridgehead atoms. The van der Waals surface area contributed by atoms with E-state index >= 15 is 0 Å². The predicted molar refractivity (Wildman–Crippen MR) is 109 cm³/mol. The first-order valence-electron chi connectivity index (χ1n) is 9.20. The summed E-state index contributed by atoms with van der Waals surface area (Å²) in [7, 11) is 0. The lowest BCUT2D eigenvalue weighted by molar-refractivity contribution is 0.0725. The van der Waals surface area contributed by atoms with Crippen LogP contribution in [0.2, 0.25) is 5.02 Å². The van der Waals surface area contributed by atoms with Crippen LogP contribution in [0.3, 0.4) is 0 Å². The molecule has 1 aliphatic heterocycles. The Hall–Kier alpha value is -3.45. The van der Waals surface area contributed by atoms with Crippen LogP contribution in [0.4, 0.5) is 0 Å².